The van der Waals surface area contributed by atoms with E-state index in [1.165, 1.54) is 19.2 Å². The van der Waals surface area contributed by atoms with Gasteiger partial charge in [-0.2, -0.15) is 0 Å². The van der Waals surface area contributed by atoms with Gasteiger partial charge in [-0.15, -0.1) is 0 Å². The molecular formula is C19H21NO6. The second kappa shape index (κ2) is 8.33. The molecule has 7 heteroatoms. The summed E-state index contributed by atoms with van der Waals surface area (Å²) in [5.74, 6) is -0.356. The van der Waals surface area contributed by atoms with Crippen molar-refractivity contribution < 1.29 is 23.9 Å². The number of nitro groups is 1. The second-order valence-electron chi connectivity index (χ2n) is 5.72. The molecule has 0 saturated heterocycles. The molecule has 0 aromatic heterocycles. The number of methoxy groups -OCH3 is 1. The van der Waals surface area contributed by atoms with Crippen molar-refractivity contribution in [2.75, 3.05) is 13.7 Å². The van der Waals surface area contributed by atoms with Gasteiger partial charge in [-0.1, -0.05) is 23.8 Å². The van der Waals surface area contributed by atoms with Crippen molar-refractivity contribution in [3.8, 4) is 11.5 Å². The van der Waals surface area contributed by atoms with Crippen LogP contribution < -0.4 is 9.47 Å². The molecule has 0 saturated carbocycles. The van der Waals surface area contributed by atoms with Gasteiger partial charge in [0.25, 0.3) is 5.69 Å². The summed E-state index contributed by atoms with van der Waals surface area (Å²) < 4.78 is 15.8. The van der Waals surface area contributed by atoms with Gasteiger partial charge in [0.1, 0.15) is 12.2 Å². The summed E-state index contributed by atoms with van der Waals surface area (Å²) in [5, 5.41) is 11.3. The second-order valence-corrected chi connectivity index (χ2v) is 5.72. The van der Waals surface area contributed by atoms with Gasteiger partial charge in [0.2, 0.25) is 0 Å². The number of hydrogen-bond acceptors (Lipinski definition) is 6. The standard InChI is InChI=1S/C19H21NO6/c1-5-25-18-9-15(16(20(22)23)10-17(18)24-4)19(21)26-11-14-8-12(2)6-7-13(14)3/h6-10H,5,11H2,1-4H3. The lowest BCUT2D eigenvalue weighted by molar-refractivity contribution is -0.385. The van der Waals surface area contributed by atoms with Gasteiger partial charge in [0.05, 0.1) is 24.7 Å². The van der Waals surface area contributed by atoms with E-state index in [0.29, 0.717) is 6.61 Å². The van der Waals surface area contributed by atoms with Crippen molar-refractivity contribution in [3.63, 3.8) is 0 Å². The third-order valence-corrected chi connectivity index (χ3v) is 3.86. The van der Waals surface area contributed by atoms with Crippen LogP contribution in [-0.4, -0.2) is 24.6 Å². The molecule has 0 N–H and O–H groups in total. The number of esters is 1. The Morgan fingerprint density at radius 1 is 1.15 bits per heavy atom. The fraction of sp³-hybridized carbons (Fsp3) is 0.316. The molecule has 138 valence electrons. The third-order valence-electron chi connectivity index (χ3n) is 3.86. The number of carbonyl (C=O) groups is 1. The van der Waals surface area contributed by atoms with Gasteiger partial charge in [0, 0.05) is 6.07 Å². The van der Waals surface area contributed by atoms with Crippen LogP contribution in [0.5, 0.6) is 11.5 Å². The molecule has 0 bridgehead atoms. The van der Waals surface area contributed by atoms with Crippen LogP contribution in [-0.2, 0) is 11.3 Å². The quantitative estimate of drug-likeness (QED) is 0.422. The predicted octanol–water partition coefficient (Wildman–Crippen LogP) is 3.98. The number of hydrogen-bond donors (Lipinski definition) is 0. The molecule has 0 aliphatic heterocycles. The maximum Gasteiger partial charge on any atom is 0.345 e. The molecule has 7 nitrogen and oxygen atoms in total. The Morgan fingerprint density at radius 3 is 2.50 bits per heavy atom. The summed E-state index contributed by atoms with van der Waals surface area (Å²) in [6.07, 6.45) is 0. The van der Waals surface area contributed by atoms with Crippen LogP contribution in [0.15, 0.2) is 30.3 Å². The molecule has 2 rings (SSSR count). The lowest BCUT2D eigenvalue weighted by Gasteiger charge is -2.12. The lowest BCUT2D eigenvalue weighted by Crippen LogP contribution is -2.10. The zero-order chi connectivity index (χ0) is 19.3. The molecule has 0 atom stereocenters. The molecule has 0 amide bonds. The van der Waals surface area contributed by atoms with E-state index >= 15 is 0 Å². The van der Waals surface area contributed by atoms with Crippen molar-refractivity contribution in [3.05, 3.63) is 62.7 Å². The van der Waals surface area contributed by atoms with Crippen molar-refractivity contribution >= 4 is 11.7 Å². The van der Waals surface area contributed by atoms with E-state index in [4.69, 9.17) is 14.2 Å². The Hall–Kier alpha value is -3.09. The van der Waals surface area contributed by atoms with Crippen molar-refractivity contribution in [1.29, 1.82) is 0 Å². The fourth-order valence-corrected chi connectivity index (χ4v) is 2.47. The monoisotopic (exact) mass is 359 g/mol. The van der Waals surface area contributed by atoms with Crippen molar-refractivity contribution in [2.45, 2.75) is 27.4 Å². The van der Waals surface area contributed by atoms with E-state index in [1.807, 2.05) is 32.0 Å². The van der Waals surface area contributed by atoms with Crippen LogP contribution in [0.25, 0.3) is 0 Å². The van der Waals surface area contributed by atoms with E-state index in [9.17, 15) is 14.9 Å². The van der Waals surface area contributed by atoms with Crippen LogP contribution >= 0.6 is 0 Å². The number of rotatable bonds is 7. The topological polar surface area (TPSA) is 87.9 Å². The molecule has 0 radical (unpaired) electrons. The van der Waals surface area contributed by atoms with Crippen LogP contribution in [0.4, 0.5) is 5.69 Å². The van der Waals surface area contributed by atoms with Gasteiger partial charge in [-0.05, 0) is 31.9 Å². The fourth-order valence-electron chi connectivity index (χ4n) is 2.47. The van der Waals surface area contributed by atoms with Crippen LogP contribution in [0.2, 0.25) is 0 Å². The summed E-state index contributed by atoms with van der Waals surface area (Å²) in [5.41, 5.74) is 2.29. The molecule has 2 aromatic rings. The predicted molar refractivity (Wildman–Crippen MR) is 95.9 cm³/mol. The summed E-state index contributed by atoms with van der Waals surface area (Å²) in [4.78, 5) is 23.2. The van der Waals surface area contributed by atoms with Gasteiger partial charge >= 0.3 is 5.97 Å². The van der Waals surface area contributed by atoms with Gasteiger partial charge in [0.15, 0.2) is 11.5 Å². The van der Waals surface area contributed by atoms with Gasteiger partial charge < -0.3 is 14.2 Å². The zero-order valence-corrected chi connectivity index (χ0v) is 15.2. The molecule has 0 heterocycles. The molecule has 0 unspecified atom stereocenters. The zero-order valence-electron chi connectivity index (χ0n) is 15.2. The normalized spacial score (nSPS) is 10.3. The first-order valence-electron chi connectivity index (χ1n) is 8.09. The molecule has 0 aliphatic rings. The Bertz CT molecular complexity index is 831. The van der Waals surface area contributed by atoms with Crippen molar-refractivity contribution in [1.82, 2.24) is 0 Å². The molecule has 0 spiro atoms. The summed E-state index contributed by atoms with van der Waals surface area (Å²) in [7, 11) is 1.38. The van der Waals surface area contributed by atoms with Crippen LogP contribution in [0, 0.1) is 24.0 Å². The number of carbonyl (C=O) groups excluding carboxylic acids is 1. The van der Waals surface area contributed by atoms with Crippen molar-refractivity contribution in [2.24, 2.45) is 0 Å². The first kappa shape index (κ1) is 19.2. The van der Waals surface area contributed by atoms with E-state index in [2.05, 4.69) is 0 Å². The first-order chi connectivity index (χ1) is 12.4. The highest BCUT2D eigenvalue weighted by Gasteiger charge is 2.26. The lowest BCUT2D eigenvalue weighted by atomic mass is 10.1. The average Bonchev–Trinajstić information content (AvgIpc) is 2.61. The third kappa shape index (κ3) is 4.30. The highest BCUT2D eigenvalue weighted by atomic mass is 16.6. The number of aryl methyl sites for hydroxylation is 2. The molecule has 26 heavy (non-hydrogen) atoms. The minimum atomic E-state index is -0.791. The Morgan fingerprint density at radius 2 is 1.88 bits per heavy atom. The largest absolute Gasteiger partial charge is 0.493 e. The van der Waals surface area contributed by atoms with Gasteiger partial charge in [-0.25, -0.2) is 4.79 Å². The highest BCUT2D eigenvalue weighted by Crippen LogP contribution is 2.35. The van der Waals surface area contributed by atoms with Gasteiger partial charge in [-0.3, -0.25) is 10.1 Å². The van der Waals surface area contributed by atoms with E-state index in [-0.39, 0.29) is 23.7 Å². The first-order valence-corrected chi connectivity index (χ1v) is 8.09. The Kier molecular flexibility index (Phi) is 6.16. The number of benzene rings is 2. The SMILES string of the molecule is CCOc1cc(C(=O)OCc2cc(C)ccc2C)c([N+](=O)[O-])cc1OC. The minimum absolute atomic E-state index is 0.0273. The van der Waals surface area contributed by atoms with Crippen LogP contribution in [0.1, 0.15) is 34.0 Å². The molecule has 0 fully saturated rings. The highest BCUT2D eigenvalue weighted by molar-refractivity contribution is 5.95. The summed E-state index contributed by atoms with van der Waals surface area (Å²) >= 11 is 0. The maximum absolute atomic E-state index is 12.5. The smallest absolute Gasteiger partial charge is 0.345 e. The van der Waals surface area contributed by atoms with Crippen LogP contribution in [0.3, 0.4) is 0 Å². The van der Waals surface area contributed by atoms with E-state index in [1.54, 1.807) is 6.92 Å². The minimum Gasteiger partial charge on any atom is -0.493 e. The number of nitrogens with zero attached hydrogens (tertiary/aromatic N) is 1. The summed E-state index contributed by atoms with van der Waals surface area (Å²) in [6.45, 7) is 5.96. The number of nitro benzene ring substituents is 1. The Labute approximate surface area is 151 Å². The molecular weight excluding hydrogens is 338 g/mol. The molecule has 2 aromatic carbocycles. The summed E-state index contributed by atoms with van der Waals surface area (Å²) in [6, 6.07) is 8.26. The maximum atomic E-state index is 12.5. The molecule has 0 aliphatic carbocycles. The van der Waals surface area contributed by atoms with E-state index in [0.717, 1.165) is 16.7 Å². The number of ether oxygens (including phenoxy) is 3. The Balaban J connectivity index is 2.32. The van der Waals surface area contributed by atoms with E-state index < -0.39 is 16.6 Å². The average molecular weight is 359 g/mol.